The number of piperazine rings is 1. The van der Waals surface area contributed by atoms with E-state index in [0.29, 0.717) is 36.0 Å². The summed E-state index contributed by atoms with van der Waals surface area (Å²) in [6.45, 7) is 3.16. The molecule has 0 aliphatic carbocycles. The first-order valence-electron chi connectivity index (χ1n) is 7.46. The van der Waals surface area contributed by atoms with Gasteiger partial charge in [-0.05, 0) is 45.8 Å². The van der Waals surface area contributed by atoms with Gasteiger partial charge in [-0.3, -0.25) is 4.90 Å². The fourth-order valence-electron chi connectivity index (χ4n) is 2.63. The molecule has 1 aromatic heterocycles. The van der Waals surface area contributed by atoms with Crippen molar-refractivity contribution in [2.75, 3.05) is 26.2 Å². The number of halogens is 1. The molecule has 24 heavy (non-hydrogen) atoms. The number of hydrogen-bond donors (Lipinski definition) is 0. The maximum absolute atomic E-state index is 12.6. The van der Waals surface area contributed by atoms with Crippen molar-refractivity contribution >= 4 is 37.3 Å². The highest BCUT2D eigenvalue weighted by Crippen LogP contribution is 2.29. The number of benzene rings is 1. The lowest BCUT2D eigenvalue weighted by Crippen LogP contribution is -2.48. The molecule has 1 saturated heterocycles. The van der Waals surface area contributed by atoms with E-state index in [2.05, 4.69) is 26.9 Å². The highest BCUT2D eigenvalue weighted by molar-refractivity contribution is 9.11. The number of rotatable bonds is 4. The second-order valence-electron chi connectivity index (χ2n) is 5.55. The van der Waals surface area contributed by atoms with Crippen LogP contribution < -0.4 is 0 Å². The number of nitriles is 1. The summed E-state index contributed by atoms with van der Waals surface area (Å²) in [5.41, 5.74) is 1.78. The summed E-state index contributed by atoms with van der Waals surface area (Å²) in [4.78, 5) is 2.23. The molecule has 0 N–H and O–H groups in total. The largest absolute Gasteiger partial charge is 0.296 e. The summed E-state index contributed by atoms with van der Waals surface area (Å²) in [6, 6.07) is 13.0. The average Bonchev–Trinajstić information content (AvgIpc) is 3.03. The van der Waals surface area contributed by atoms with Crippen molar-refractivity contribution < 1.29 is 8.42 Å². The fraction of sp³-hybridized carbons (Fsp3) is 0.312. The molecule has 0 radical (unpaired) electrons. The van der Waals surface area contributed by atoms with E-state index in [1.54, 1.807) is 16.4 Å². The van der Waals surface area contributed by atoms with Crippen LogP contribution >= 0.6 is 27.3 Å². The highest BCUT2D eigenvalue weighted by Gasteiger charge is 2.29. The normalized spacial score (nSPS) is 16.8. The SMILES string of the molecule is N#Cc1ccc(CN2CCN(S(=O)(=O)c3ccc(Br)s3)CC2)cc1. The molecule has 2 heterocycles. The van der Waals surface area contributed by atoms with Gasteiger partial charge in [-0.25, -0.2) is 8.42 Å². The molecular formula is C16H16BrN3O2S2. The van der Waals surface area contributed by atoms with Crippen molar-refractivity contribution in [3.8, 4) is 6.07 Å². The van der Waals surface area contributed by atoms with E-state index in [1.165, 1.54) is 11.3 Å². The Morgan fingerprint density at radius 1 is 1.08 bits per heavy atom. The minimum absolute atomic E-state index is 0.384. The van der Waals surface area contributed by atoms with Crippen LogP contribution in [0.5, 0.6) is 0 Å². The van der Waals surface area contributed by atoms with E-state index in [9.17, 15) is 8.42 Å². The standard InChI is InChI=1S/C16H16BrN3O2S2/c17-15-5-6-16(23-15)24(21,22)20-9-7-19(8-10-20)12-14-3-1-13(11-18)2-4-14/h1-6H,7-10,12H2. The van der Waals surface area contributed by atoms with Crippen LogP contribution in [0.2, 0.25) is 0 Å². The van der Waals surface area contributed by atoms with Crippen molar-refractivity contribution in [3.63, 3.8) is 0 Å². The Morgan fingerprint density at radius 3 is 2.29 bits per heavy atom. The summed E-state index contributed by atoms with van der Waals surface area (Å²) in [5, 5.41) is 8.83. The molecule has 0 bridgehead atoms. The molecule has 1 aromatic carbocycles. The van der Waals surface area contributed by atoms with Gasteiger partial charge >= 0.3 is 0 Å². The average molecular weight is 426 g/mol. The first-order chi connectivity index (χ1) is 11.5. The van der Waals surface area contributed by atoms with Gasteiger partial charge < -0.3 is 0 Å². The van der Waals surface area contributed by atoms with Crippen LogP contribution in [0.15, 0.2) is 44.4 Å². The first-order valence-corrected chi connectivity index (χ1v) is 10.5. The topological polar surface area (TPSA) is 64.4 Å². The third kappa shape index (κ3) is 3.87. The van der Waals surface area contributed by atoms with Crippen LogP contribution in [0.3, 0.4) is 0 Å². The van der Waals surface area contributed by atoms with Crippen molar-refractivity contribution in [1.29, 1.82) is 5.26 Å². The third-order valence-electron chi connectivity index (χ3n) is 3.96. The smallest absolute Gasteiger partial charge is 0.252 e. The summed E-state index contributed by atoms with van der Waals surface area (Å²) in [7, 11) is -3.39. The quantitative estimate of drug-likeness (QED) is 0.754. The second-order valence-corrected chi connectivity index (χ2v) is 10.2. The molecule has 1 fully saturated rings. The fourth-order valence-corrected chi connectivity index (χ4v) is 6.22. The third-order valence-corrected chi connectivity index (χ3v) is 7.95. The predicted molar refractivity (Wildman–Crippen MR) is 97.2 cm³/mol. The molecule has 8 heteroatoms. The zero-order valence-corrected chi connectivity index (χ0v) is 16.1. The predicted octanol–water partition coefficient (Wildman–Crippen LogP) is 2.89. The lowest BCUT2D eigenvalue weighted by Gasteiger charge is -2.33. The Bertz CT molecular complexity index is 848. The van der Waals surface area contributed by atoms with E-state index >= 15 is 0 Å². The molecule has 5 nitrogen and oxygen atoms in total. The van der Waals surface area contributed by atoms with Crippen LogP contribution in [-0.4, -0.2) is 43.8 Å². The zero-order valence-electron chi connectivity index (χ0n) is 12.9. The Balaban J connectivity index is 1.60. The van der Waals surface area contributed by atoms with Gasteiger partial charge in [-0.1, -0.05) is 12.1 Å². The van der Waals surface area contributed by atoms with Gasteiger partial charge in [0, 0.05) is 32.7 Å². The molecule has 0 unspecified atom stereocenters. The van der Waals surface area contributed by atoms with Gasteiger partial charge in [0.15, 0.2) is 0 Å². The molecule has 0 spiro atoms. The number of sulfonamides is 1. The Labute approximate surface area is 154 Å². The summed E-state index contributed by atoms with van der Waals surface area (Å²) >= 11 is 4.55. The monoisotopic (exact) mass is 425 g/mol. The van der Waals surface area contributed by atoms with Gasteiger partial charge in [0.05, 0.1) is 15.4 Å². The molecule has 126 valence electrons. The molecule has 3 rings (SSSR count). The lowest BCUT2D eigenvalue weighted by atomic mass is 10.1. The lowest BCUT2D eigenvalue weighted by molar-refractivity contribution is 0.182. The maximum atomic E-state index is 12.6. The molecule has 1 aliphatic heterocycles. The Hall–Kier alpha value is -1.24. The summed E-state index contributed by atoms with van der Waals surface area (Å²) in [5.74, 6) is 0. The highest BCUT2D eigenvalue weighted by atomic mass is 79.9. The minimum atomic E-state index is -3.39. The molecule has 2 aromatic rings. The van der Waals surface area contributed by atoms with E-state index < -0.39 is 10.0 Å². The van der Waals surface area contributed by atoms with Crippen molar-refractivity contribution in [3.05, 3.63) is 51.3 Å². The number of hydrogen-bond acceptors (Lipinski definition) is 5. The van der Waals surface area contributed by atoms with Gasteiger partial charge in [0.25, 0.3) is 10.0 Å². The maximum Gasteiger partial charge on any atom is 0.252 e. The molecule has 0 atom stereocenters. The van der Waals surface area contributed by atoms with Gasteiger partial charge in [-0.15, -0.1) is 11.3 Å². The summed E-state index contributed by atoms with van der Waals surface area (Å²) < 4.78 is 28.0. The van der Waals surface area contributed by atoms with Crippen LogP contribution in [0.4, 0.5) is 0 Å². The molecular weight excluding hydrogens is 410 g/mol. The second kappa shape index (κ2) is 7.33. The van der Waals surface area contributed by atoms with Crippen molar-refractivity contribution in [2.45, 2.75) is 10.8 Å². The molecule has 1 aliphatic rings. The van der Waals surface area contributed by atoms with Crippen molar-refractivity contribution in [1.82, 2.24) is 9.21 Å². The van der Waals surface area contributed by atoms with Gasteiger partial charge in [0.2, 0.25) is 0 Å². The van der Waals surface area contributed by atoms with Gasteiger partial charge in [0.1, 0.15) is 4.21 Å². The van der Waals surface area contributed by atoms with E-state index in [-0.39, 0.29) is 0 Å². The van der Waals surface area contributed by atoms with E-state index in [1.807, 2.05) is 24.3 Å². The summed E-state index contributed by atoms with van der Waals surface area (Å²) in [6.07, 6.45) is 0. The number of nitrogens with zero attached hydrogens (tertiary/aromatic N) is 3. The van der Waals surface area contributed by atoms with Crippen LogP contribution in [0.1, 0.15) is 11.1 Å². The van der Waals surface area contributed by atoms with Crippen LogP contribution in [0.25, 0.3) is 0 Å². The minimum Gasteiger partial charge on any atom is -0.296 e. The Kier molecular flexibility index (Phi) is 5.37. The molecule has 0 amide bonds. The van der Waals surface area contributed by atoms with Crippen LogP contribution in [0, 0.1) is 11.3 Å². The van der Waals surface area contributed by atoms with Gasteiger partial charge in [-0.2, -0.15) is 9.57 Å². The van der Waals surface area contributed by atoms with Crippen LogP contribution in [-0.2, 0) is 16.6 Å². The number of thiophene rings is 1. The zero-order chi connectivity index (χ0) is 17.2. The molecule has 0 saturated carbocycles. The van der Waals surface area contributed by atoms with E-state index in [4.69, 9.17) is 5.26 Å². The first kappa shape index (κ1) is 17.6. The van der Waals surface area contributed by atoms with E-state index in [0.717, 1.165) is 15.9 Å². The van der Waals surface area contributed by atoms with Crippen molar-refractivity contribution in [2.24, 2.45) is 0 Å². The Morgan fingerprint density at radius 2 is 1.75 bits per heavy atom.